The number of rotatable bonds is 6. The molecule has 0 bridgehead atoms. The Bertz CT molecular complexity index is 840. The minimum atomic E-state index is -0.166. The molecule has 0 aliphatic carbocycles. The van der Waals surface area contributed by atoms with Crippen molar-refractivity contribution in [2.75, 3.05) is 18.4 Å². The molecule has 3 rings (SSSR count). The summed E-state index contributed by atoms with van der Waals surface area (Å²) in [4.78, 5) is 31.5. The highest BCUT2D eigenvalue weighted by atomic mass is 16.1. The molecule has 1 amide bonds. The van der Waals surface area contributed by atoms with E-state index in [9.17, 15) is 9.59 Å². The van der Waals surface area contributed by atoms with Gasteiger partial charge in [0, 0.05) is 29.4 Å². The van der Waals surface area contributed by atoms with E-state index in [2.05, 4.69) is 27.5 Å². The first kappa shape index (κ1) is 19.3. The second-order valence-corrected chi connectivity index (χ2v) is 7.36. The first-order valence-corrected chi connectivity index (χ1v) is 9.76. The van der Waals surface area contributed by atoms with Gasteiger partial charge in [0.1, 0.15) is 5.82 Å². The highest BCUT2D eigenvalue weighted by Crippen LogP contribution is 2.24. The van der Waals surface area contributed by atoms with Crippen molar-refractivity contribution < 1.29 is 4.79 Å². The lowest BCUT2D eigenvalue weighted by Gasteiger charge is -2.28. The summed E-state index contributed by atoms with van der Waals surface area (Å²) < 4.78 is 0. The maximum absolute atomic E-state index is 12.5. The molecule has 2 atom stereocenters. The fourth-order valence-electron chi connectivity index (χ4n) is 3.61. The van der Waals surface area contributed by atoms with E-state index in [1.807, 2.05) is 31.2 Å². The van der Waals surface area contributed by atoms with E-state index in [1.54, 1.807) is 0 Å². The number of aromatic nitrogens is 2. The molecule has 1 fully saturated rings. The molecule has 0 spiro atoms. The first-order valence-electron chi connectivity index (χ1n) is 9.76. The maximum Gasteiger partial charge on any atom is 0.251 e. The number of nitrogens with zero attached hydrogens (tertiary/aromatic N) is 1. The van der Waals surface area contributed by atoms with Gasteiger partial charge in [0.2, 0.25) is 5.91 Å². The van der Waals surface area contributed by atoms with Crippen LogP contribution < -0.4 is 16.2 Å². The quantitative estimate of drug-likeness (QED) is 0.732. The Morgan fingerprint density at radius 2 is 2.22 bits per heavy atom. The van der Waals surface area contributed by atoms with Crippen LogP contribution in [0, 0.1) is 11.8 Å². The molecule has 0 saturated carbocycles. The number of amides is 1. The molecule has 1 aliphatic rings. The predicted octanol–water partition coefficient (Wildman–Crippen LogP) is 2.96. The van der Waals surface area contributed by atoms with Gasteiger partial charge >= 0.3 is 0 Å². The molecule has 2 heterocycles. The van der Waals surface area contributed by atoms with Crippen molar-refractivity contribution in [2.24, 2.45) is 11.8 Å². The third kappa shape index (κ3) is 5.26. The Kier molecular flexibility index (Phi) is 6.40. The molecule has 6 nitrogen and oxygen atoms in total. The number of carbonyl (C=O) groups excluding carboxylic acids is 1. The summed E-state index contributed by atoms with van der Waals surface area (Å²) in [6, 6.07) is 8.96. The summed E-state index contributed by atoms with van der Waals surface area (Å²) in [6.07, 6.45) is 3.57. The third-order valence-corrected chi connectivity index (χ3v) is 5.22. The molecule has 0 radical (unpaired) electrons. The van der Waals surface area contributed by atoms with Gasteiger partial charge in [-0.2, -0.15) is 0 Å². The fourth-order valence-corrected chi connectivity index (χ4v) is 3.61. The number of benzene rings is 1. The van der Waals surface area contributed by atoms with Crippen LogP contribution in [0.15, 0.2) is 35.1 Å². The summed E-state index contributed by atoms with van der Waals surface area (Å²) in [5, 5.41) is 6.40. The number of carbonyl (C=O) groups is 1. The van der Waals surface area contributed by atoms with E-state index in [0.29, 0.717) is 30.5 Å². The second kappa shape index (κ2) is 8.95. The highest BCUT2D eigenvalue weighted by Gasteiger charge is 2.22. The van der Waals surface area contributed by atoms with E-state index in [1.165, 1.54) is 18.9 Å². The summed E-state index contributed by atoms with van der Waals surface area (Å²) in [5.74, 6) is 1.45. The van der Waals surface area contributed by atoms with Crippen LogP contribution in [-0.4, -0.2) is 29.0 Å². The molecular formula is C21H28N4O2. The van der Waals surface area contributed by atoms with Gasteiger partial charge in [-0.15, -0.1) is 0 Å². The summed E-state index contributed by atoms with van der Waals surface area (Å²) >= 11 is 0. The number of aromatic amines is 1. The number of aryl methyl sites for hydroxylation is 1. The van der Waals surface area contributed by atoms with Crippen molar-refractivity contribution in [1.82, 2.24) is 15.3 Å². The zero-order chi connectivity index (χ0) is 19.2. The van der Waals surface area contributed by atoms with Gasteiger partial charge in [0.25, 0.3) is 5.56 Å². The number of H-pyrrole nitrogens is 1. The van der Waals surface area contributed by atoms with Gasteiger partial charge in [-0.05, 0) is 56.3 Å². The molecule has 1 aromatic heterocycles. The number of anilines is 1. The van der Waals surface area contributed by atoms with Crippen LogP contribution in [0.1, 0.15) is 38.8 Å². The monoisotopic (exact) mass is 368 g/mol. The summed E-state index contributed by atoms with van der Waals surface area (Å²) in [5.41, 5.74) is 2.08. The Morgan fingerprint density at radius 1 is 1.37 bits per heavy atom. The van der Waals surface area contributed by atoms with E-state index in [-0.39, 0.29) is 11.5 Å². The number of hydrogen-bond acceptors (Lipinski definition) is 4. The SMILES string of the molecule is CCc1cc(=O)[nH]c(-c2cccc(NC(=O)CC(C)C3CCCNC3)c2)n1. The van der Waals surface area contributed by atoms with Crippen molar-refractivity contribution in [1.29, 1.82) is 0 Å². The number of hydrogen-bond donors (Lipinski definition) is 3. The molecule has 2 aromatic rings. The van der Waals surface area contributed by atoms with Crippen LogP contribution in [0.4, 0.5) is 5.69 Å². The fraction of sp³-hybridized carbons (Fsp3) is 0.476. The third-order valence-electron chi connectivity index (χ3n) is 5.22. The molecule has 3 N–H and O–H groups in total. The average molecular weight is 368 g/mol. The van der Waals surface area contributed by atoms with Crippen LogP contribution in [0.3, 0.4) is 0 Å². The molecule has 27 heavy (non-hydrogen) atoms. The minimum Gasteiger partial charge on any atom is -0.326 e. The first-order chi connectivity index (χ1) is 13.0. The van der Waals surface area contributed by atoms with E-state index in [4.69, 9.17) is 0 Å². The molecule has 6 heteroatoms. The van der Waals surface area contributed by atoms with Crippen LogP contribution in [-0.2, 0) is 11.2 Å². The van der Waals surface area contributed by atoms with Crippen LogP contribution >= 0.6 is 0 Å². The Balaban J connectivity index is 1.67. The molecular weight excluding hydrogens is 340 g/mol. The van der Waals surface area contributed by atoms with Gasteiger partial charge in [-0.3, -0.25) is 9.59 Å². The van der Waals surface area contributed by atoms with Crippen LogP contribution in [0.25, 0.3) is 11.4 Å². The van der Waals surface area contributed by atoms with Gasteiger partial charge in [-0.1, -0.05) is 26.0 Å². The highest BCUT2D eigenvalue weighted by molar-refractivity contribution is 5.91. The smallest absolute Gasteiger partial charge is 0.251 e. The summed E-state index contributed by atoms with van der Waals surface area (Å²) in [7, 11) is 0. The number of piperidine rings is 1. The Labute approximate surface area is 159 Å². The second-order valence-electron chi connectivity index (χ2n) is 7.36. The minimum absolute atomic E-state index is 0.0222. The normalized spacial score (nSPS) is 18.1. The topological polar surface area (TPSA) is 86.9 Å². The Morgan fingerprint density at radius 3 is 2.96 bits per heavy atom. The summed E-state index contributed by atoms with van der Waals surface area (Å²) in [6.45, 7) is 6.19. The van der Waals surface area contributed by atoms with Crippen molar-refractivity contribution in [3.8, 4) is 11.4 Å². The zero-order valence-corrected chi connectivity index (χ0v) is 16.0. The standard InChI is InChI=1S/C21H28N4O2/c1-3-17-12-20(27)25-21(24-17)15-6-4-8-18(11-15)23-19(26)10-14(2)16-7-5-9-22-13-16/h4,6,8,11-12,14,16,22H,3,5,7,9-10,13H2,1-2H3,(H,23,26)(H,24,25,27). The predicted molar refractivity (Wildman–Crippen MR) is 108 cm³/mol. The maximum atomic E-state index is 12.5. The molecule has 1 saturated heterocycles. The van der Waals surface area contributed by atoms with Crippen molar-refractivity contribution in [3.63, 3.8) is 0 Å². The van der Waals surface area contributed by atoms with Crippen molar-refractivity contribution in [3.05, 3.63) is 46.4 Å². The average Bonchev–Trinajstić information content (AvgIpc) is 2.68. The lowest BCUT2D eigenvalue weighted by atomic mass is 9.85. The molecule has 1 aliphatic heterocycles. The number of nitrogens with one attached hydrogen (secondary N) is 3. The molecule has 1 aromatic carbocycles. The van der Waals surface area contributed by atoms with Gasteiger partial charge in [0.15, 0.2) is 0 Å². The van der Waals surface area contributed by atoms with E-state index < -0.39 is 0 Å². The molecule has 144 valence electrons. The van der Waals surface area contributed by atoms with Crippen LogP contribution in [0.5, 0.6) is 0 Å². The lowest BCUT2D eigenvalue weighted by molar-refractivity contribution is -0.117. The van der Waals surface area contributed by atoms with Gasteiger partial charge < -0.3 is 15.6 Å². The van der Waals surface area contributed by atoms with Crippen molar-refractivity contribution >= 4 is 11.6 Å². The Hall–Kier alpha value is -2.47. The van der Waals surface area contributed by atoms with Crippen LogP contribution in [0.2, 0.25) is 0 Å². The molecule has 2 unspecified atom stereocenters. The van der Waals surface area contributed by atoms with Crippen molar-refractivity contribution in [2.45, 2.75) is 39.5 Å². The zero-order valence-electron chi connectivity index (χ0n) is 16.0. The van der Waals surface area contributed by atoms with Gasteiger partial charge in [-0.25, -0.2) is 4.98 Å². The lowest BCUT2D eigenvalue weighted by Crippen LogP contribution is -2.34. The largest absolute Gasteiger partial charge is 0.326 e. The van der Waals surface area contributed by atoms with E-state index in [0.717, 1.165) is 30.0 Å². The van der Waals surface area contributed by atoms with E-state index >= 15 is 0 Å². The van der Waals surface area contributed by atoms with Gasteiger partial charge in [0.05, 0.1) is 0 Å².